The molecule has 3 rings (SSSR count). The minimum atomic E-state index is 0.906. The van der Waals surface area contributed by atoms with Crippen LogP contribution < -0.4 is 5.32 Å². The lowest BCUT2D eigenvalue weighted by Gasteiger charge is -2.17. The molecule has 2 heterocycles. The van der Waals surface area contributed by atoms with Crippen molar-refractivity contribution in [2.24, 2.45) is 0 Å². The van der Waals surface area contributed by atoms with Crippen LogP contribution >= 0.6 is 0 Å². The second-order valence-corrected chi connectivity index (χ2v) is 4.73. The Labute approximate surface area is 107 Å². The second-order valence-electron chi connectivity index (χ2n) is 4.73. The van der Waals surface area contributed by atoms with Gasteiger partial charge in [0.05, 0.1) is 0 Å². The fourth-order valence-corrected chi connectivity index (χ4v) is 2.59. The van der Waals surface area contributed by atoms with Crippen molar-refractivity contribution in [2.45, 2.75) is 33.4 Å². The molecule has 0 radical (unpaired) electrons. The molecule has 94 valence electrons. The minimum Gasteiger partial charge on any atom is -0.312 e. The highest BCUT2D eigenvalue weighted by molar-refractivity contribution is 5.58. The summed E-state index contributed by atoms with van der Waals surface area (Å²) in [6.45, 7) is 7.07. The van der Waals surface area contributed by atoms with E-state index < -0.39 is 0 Å². The van der Waals surface area contributed by atoms with Crippen molar-refractivity contribution in [3.8, 4) is 11.4 Å². The van der Waals surface area contributed by atoms with Gasteiger partial charge in [-0.3, -0.25) is 0 Å². The van der Waals surface area contributed by atoms with Crippen molar-refractivity contribution in [3.63, 3.8) is 0 Å². The summed E-state index contributed by atoms with van der Waals surface area (Å²) in [6.07, 6.45) is 1.12. The largest absolute Gasteiger partial charge is 0.312 e. The zero-order chi connectivity index (χ0) is 12.5. The van der Waals surface area contributed by atoms with E-state index >= 15 is 0 Å². The number of fused-ring (bicyclic) bond motifs is 1. The number of hydrogen-bond donors (Lipinski definition) is 1. The van der Waals surface area contributed by atoms with Gasteiger partial charge >= 0.3 is 0 Å². The maximum absolute atomic E-state index is 4.30. The van der Waals surface area contributed by atoms with Crippen molar-refractivity contribution in [1.82, 2.24) is 20.1 Å². The highest BCUT2D eigenvalue weighted by Crippen LogP contribution is 2.23. The van der Waals surface area contributed by atoms with E-state index in [2.05, 4.69) is 45.2 Å². The van der Waals surface area contributed by atoms with E-state index in [1.165, 1.54) is 16.7 Å². The van der Waals surface area contributed by atoms with Gasteiger partial charge in [-0.25, -0.2) is 0 Å². The Balaban J connectivity index is 2.06. The number of rotatable bonds is 2. The summed E-state index contributed by atoms with van der Waals surface area (Å²) in [5.41, 5.74) is 4.01. The summed E-state index contributed by atoms with van der Waals surface area (Å²) in [6, 6.07) is 6.65. The van der Waals surface area contributed by atoms with Gasteiger partial charge in [0.1, 0.15) is 5.82 Å². The highest BCUT2D eigenvalue weighted by atomic mass is 15.3. The first-order valence-electron chi connectivity index (χ1n) is 6.52. The third-order valence-electron chi connectivity index (χ3n) is 3.60. The molecule has 1 aromatic heterocycles. The molecule has 4 nitrogen and oxygen atoms in total. The van der Waals surface area contributed by atoms with Gasteiger partial charge in [0.25, 0.3) is 0 Å². The van der Waals surface area contributed by atoms with Crippen LogP contribution in [0.5, 0.6) is 0 Å². The van der Waals surface area contributed by atoms with Gasteiger partial charge in [-0.2, -0.15) is 0 Å². The van der Waals surface area contributed by atoms with Crippen molar-refractivity contribution in [1.29, 1.82) is 0 Å². The molecular weight excluding hydrogens is 224 g/mol. The van der Waals surface area contributed by atoms with Crippen LogP contribution in [0.2, 0.25) is 0 Å². The van der Waals surface area contributed by atoms with Crippen LogP contribution in [-0.4, -0.2) is 21.3 Å². The molecule has 1 N–H and O–H groups in total. The zero-order valence-electron chi connectivity index (χ0n) is 10.9. The van der Waals surface area contributed by atoms with E-state index in [9.17, 15) is 0 Å². The van der Waals surface area contributed by atoms with Crippen LogP contribution in [0.3, 0.4) is 0 Å². The Morgan fingerprint density at radius 2 is 2.17 bits per heavy atom. The Hall–Kier alpha value is -1.68. The quantitative estimate of drug-likeness (QED) is 0.875. The van der Waals surface area contributed by atoms with E-state index in [0.29, 0.717) is 0 Å². The lowest BCUT2D eigenvalue weighted by atomic mass is 9.98. The third kappa shape index (κ3) is 1.82. The normalized spacial score (nSPS) is 14.6. The monoisotopic (exact) mass is 242 g/mol. The van der Waals surface area contributed by atoms with Gasteiger partial charge in [0, 0.05) is 18.7 Å². The van der Waals surface area contributed by atoms with E-state index in [1.807, 2.05) is 6.92 Å². The number of nitrogens with one attached hydrogen (secondary N) is 1. The average Bonchev–Trinajstić information content (AvgIpc) is 2.79. The van der Waals surface area contributed by atoms with Gasteiger partial charge < -0.3 is 9.88 Å². The van der Waals surface area contributed by atoms with Gasteiger partial charge in [-0.1, -0.05) is 12.1 Å². The molecule has 1 aromatic carbocycles. The molecule has 0 amide bonds. The topological polar surface area (TPSA) is 42.7 Å². The molecule has 0 atom stereocenters. The lowest BCUT2D eigenvalue weighted by molar-refractivity contribution is 0.643. The molecular formula is C14H18N4. The predicted molar refractivity (Wildman–Crippen MR) is 71.3 cm³/mol. The summed E-state index contributed by atoms with van der Waals surface area (Å²) in [7, 11) is 0. The van der Waals surface area contributed by atoms with Crippen molar-refractivity contribution >= 4 is 0 Å². The third-order valence-corrected chi connectivity index (χ3v) is 3.60. The summed E-state index contributed by atoms with van der Waals surface area (Å²) >= 11 is 0. The highest BCUT2D eigenvalue weighted by Gasteiger charge is 2.13. The van der Waals surface area contributed by atoms with Crippen LogP contribution in [0.1, 0.15) is 23.9 Å². The Morgan fingerprint density at radius 1 is 1.28 bits per heavy atom. The summed E-state index contributed by atoms with van der Waals surface area (Å²) in [5, 5.41) is 11.9. The maximum Gasteiger partial charge on any atom is 0.163 e. The van der Waals surface area contributed by atoms with Gasteiger partial charge in [0.15, 0.2) is 5.82 Å². The van der Waals surface area contributed by atoms with Gasteiger partial charge in [0.2, 0.25) is 0 Å². The molecule has 1 aliphatic heterocycles. The van der Waals surface area contributed by atoms with Gasteiger partial charge in [-0.05, 0) is 44.0 Å². The molecule has 0 bridgehead atoms. The summed E-state index contributed by atoms with van der Waals surface area (Å²) < 4.78 is 2.15. The number of nitrogens with zero attached hydrogens (tertiary/aromatic N) is 3. The Morgan fingerprint density at radius 3 is 3.00 bits per heavy atom. The van der Waals surface area contributed by atoms with Crippen molar-refractivity contribution in [3.05, 3.63) is 35.2 Å². The molecule has 0 fully saturated rings. The molecule has 0 saturated heterocycles. The van der Waals surface area contributed by atoms with Crippen molar-refractivity contribution < 1.29 is 0 Å². The molecule has 1 aliphatic rings. The van der Waals surface area contributed by atoms with E-state index in [0.717, 1.165) is 37.7 Å². The lowest BCUT2D eigenvalue weighted by Crippen LogP contribution is -2.23. The maximum atomic E-state index is 4.30. The van der Waals surface area contributed by atoms with E-state index in [-0.39, 0.29) is 0 Å². The molecule has 0 saturated carbocycles. The van der Waals surface area contributed by atoms with E-state index in [1.54, 1.807) is 0 Å². The smallest absolute Gasteiger partial charge is 0.163 e. The molecule has 18 heavy (non-hydrogen) atoms. The Bertz CT molecular complexity index is 571. The second kappa shape index (κ2) is 4.53. The fraction of sp³-hybridized carbons (Fsp3) is 0.429. The van der Waals surface area contributed by atoms with E-state index in [4.69, 9.17) is 0 Å². The summed E-state index contributed by atoms with van der Waals surface area (Å²) in [4.78, 5) is 0. The molecule has 0 spiro atoms. The van der Waals surface area contributed by atoms with Crippen LogP contribution in [-0.2, 0) is 19.5 Å². The Kier molecular flexibility index (Phi) is 2.88. The summed E-state index contributed by atoms with van der Waals surface area (Å²) in [5.74, 6) is 1.95. The SMILES string of the molecule is CCn1c(C)nnc1-c1ccc2c(c1)CNCC2. The first-order valence-corrected chi connectivity index (χ1v) is 6.52. The zero-order valence-corrected chi connectivity index (χ0v) is 10.9. The predicted octanol–water partition coefficient (Wildman–Crippen LogP) is 1.92. The number of benzene rings is 1. The number of aromatic nitrogens is 3. The average molecular weight is 242 g/mol. The van der Waals surface area contributed by atoms with Gasteiger partial charge in [-0.15, -0.1) is 10.2 Å². The first-order chi connectivity index (χ1) is 8.79. The van der Waals surface area contributed by atoms with Crippen LogP contribution in [0.4, 0.5) is 0 Å². The molecule has 4 heteroatoms. The number of aryl methyl sites for hydroxylation is 1. The minimum absolute atomic E-state index is 0.906. The standard InChI is InChI=1S/C14H18N4/c1-3-18-10(2)16-17-14(18)12-5-4-11-6-7-15-9-13(11)8-12/h4-5,8,15H,3,6-7,9H2,1-2H3. The molecule has 0 aliphatic carbocycles. The van der Waals surface area contributed by atoms with Crippen LogP contribution in [0.15, 0.2) is 18.2 Å². The van der Waals surface area contributed by atoms with Crippen LogP contribution in [0, 0.1) is 6.92 Å². The first kappa shape index (κ1) is 11.4. The molecule has 0 unspecified atom stereocenters. The molecule has 2 aromatic rings. The fourth-order valence-electron chi connectivity index (χ4n) is 2.59. The van der Waals surface area contributed by atoms with Crippen molar-refractivity contribution in [2.75, 3.05) is 6.54 Å². The van der Waals surface area contributed by atoms with Crippen LogP contribution in [0.25, 0.3) is 11.4 Å². The number of hydrogen-bond acceptors (Lipinski definition) is 3.